The lowest BCUT2D eigenvalue weighted by atomic mass is 10.2. The Labute approximate surface area is 101 Å². The van der Waals surface area contributed by atoms with Crippen LogP contribution in [0, 0.1) is 0 Å². The zero-order valence-electron chi connectivity index (χ0n) is 10.6. The summed E-state index contributed by atoms with van der Waals surface area (Å²) in [6.45, 7) is 6.01. The number of hydrogen-bond donors (Lipinski definition) is 2. The maximum Gasteiger partial charge on any atom is 0.223 e. The summed E-state index contributed by atoms with van der Waals surface area (Å²) < 4.78 is 1.68. The molecule has 0 bridgehead atoms. The lowest BCUT2D eigenvalue weighted by Crippen LogP contribution is -2.26. The molecule has 1 aromatic heterocycles. The lowest BCUT2D eigenvalue weighted by Gasteiger charge is -2.22. The van der Waals surface area contributed by atoms with E-state index in [9.17, 15) is 9.90 Å². The van der Waals surface area contributed by atoms with E-state index in [0.29, 0.717) is 17.9 Å². The van der Waals surface area contributed by atoms with Crippen LogP contribution in [0.15, 0.2) is 10.9 Å². The molecule has 0 aliphatic rings. The van der Waals surface area contributed by atoms with Crippen LogP contribution in [0.2, 0.25) is 0 Å². The van der Waals surface area contributed by atoms with Crippen LogP contribution in [-0.4, -0.2) is 32.8 Å². The van der Waals surface area contributed by atoms with Gasteiger partial charge in [0.05, 0.1) is 12.3 Å². The van der Waals surface area contributed by atoms with Crippen molar-refractivity contribution in [3.8, 4) is 5.75 Å². The van der Waals surface area contributed by atoms with Gasteiger partial charge in [0, 0.05) is 25.4 Å². The Balaban J connectivity index is 3.21. The van der Waals surface area contributed by atoms with E-state index in [2.05, 4.69) is 4.90 Å². The Morgan fingerprint density at radius 3 is 2.41 bits per heavy atom. The predicted octanol–water partition coefficient (Wildman–Crippen LogP) is 0.425. The Morgan fingerprint density at radius 2 is 1.94 bits per heavy atom. The van der Waals surface area contributed by atoms with Gasteiger partial charge < -0.3 is 14.8 Å². The van der Waals surface area contributed by atoms with Crippen molar-refractivity contribution in [1.29, 1.82) is 0 Å². The quantitative estimate of drug-likeness (QED) is 0.783. The van der Waals surface area contributed by atoms with Crippen LogP contribution in [0.5, 0.6) is 5.75 Å². The van der Waals surface area contributed by atoms with E-state index in [1.165, 1.54) is 6.07 Å². The van der Waals surface area contributed by atoms with Crippen LogP contribution >= 0.6 is 0 Å². The van der Waals surface area contributed by atoms with Gasteiger partial charge in [-0.25, -0.2) is 0 Å². The summed E-state index contributed by atoms with van der Waals surface area (Å²) in [6.07, 6.45) is 0. The highest BCUT2D eigenvalue weighted by Crippen LogP contribution is 2.15. The second-order valence-corrected chi connectivity index (χ2v) is 3.97. The van der Waals surface area contributed by atoms with Gasteiger partial charge >= 0.3 is 0 Å². The van der Waals surface area contributed by atoms with Gasteiger partial charge in [-0.15, -0.1) is 0 Å². The van der Waals surface area contributed by atoms with Crippen LogP contribution in [0.25, 0.3) is 0 Å². The molecule has 17 heavy (non-hydrogen) atoms. The second kappa shape index (κ2) is 5.84. The van der Waals surface area contributed by atoms with E-state index >= 15 is 0 Å². The van der Waals surface area contributed by atoms with Crippen molar-refractivity contribution in [2.24, 2.45) is 7.05 Å². The number of pyridine rings is 1. The Kier molecular flexibility index (Phi) is 4.72. The Morgan fingerprint density at radius 1 is 1.35 bits per heavy atom. The summed E-state index contributed by atoms with van der Waals surface area (Å²) in [5.41, 5.74) is 0.620. The molecule has 0 spiro atoms. The van der Waals surface area contributed by atoms with Crippen LogP contribution in [-0.2, 0) is 20.2 Å². The molecule has 1 aromatic rings. The summed E-state index contributed by atoms with van der Waals surface area (Å²) in [4.78, 5) is 13.6. The van der Waals surface area contributed by atoms with E-state index in [4.69, 9.17) is 5.11 Å². The molecule has 2 N–H and O–H groups in total. The number of aliphatic hydroxyl groups is 1. The highest BCUT2D eigenvalue weighted by Gasteiger charge is 2.14. The van der Waals surface area contributed by atoms with Crippen molar-refractivity contribution in [2.45, 2.75) is 27.0 Å². The maximum absolute atomic E-state index is 11.5. The van der Waals surface area contributed by atoms with Crippen LogP contribution < -0.4 is 5.43 Å². The fourth-order valence-electron chi connectivity index (χ4n) is 1.78. The van der Waals surface area contributed by atoms with E-state index in [0.717, 1.165) is 13.1 Å². The van der Waals surface area contributed by atoms with E-state index in [1.54, 1.807) is 11.6 Å². The maximum atomic E-state index is 11.5. The molecule has 0 unspecified atom stereocenters. The molecule has 0 atom stereocenters. The molecule has 0 aliphatic carbocycles. The van der Waals surface area contributed by atoms with E-state index < -0.39 is 5.43 Å². The standard InChI is InChI=1S/C12H20N2O3/c1-4-14(5-2)7-10-12(17)11(16)6-9(8-15)13(10)3/h6,15,17H,4-5,7-8H2,1-3H3. The van der Waals surface area contributed by atoms with Gasteiger partial charge in [-0.2, -0.15) is 0 Å². The first-order chi connectivity index (χ1) is 8.04. The van der Waals surface area contributed by atoms with Gasteiger partial charge in [-0.1, -0.05) is 13.8 Å². The predicted molar refractivity (Wildman–Crippen MR) is 65.9 cm³/mol. The molecule has 0 aliphatic heterocycles. The van der Waals surface area contributed by atoms with Gasteiger partial charge in [0.15, 0.2) is 5.75 Å². The summed E-state index contributed by atoms with van der Waals surface area (Å²) in [5, 5.41) is 18.9. The van der Waals surface area contributed by atoms with Crippen LogP contribution in [0.3, 0.4) is 0 Å². The van der Waals surface area contributed by atoms with Crippen molar-refractivity contribution in [3.05, 3.63) is 27.7 Å². The molecule has 0 amide bonds. The van der Waals surface area contributed by atoms with Crippen LogP contribution in [0.1, 0.15) is 25.2 Å². The fraction of sp³-hybridized carbons (Fsp3) is 0.583. The lowest BCUT2D eigenvalue weighted by molar-refractivity contribution is 0.260. The molecular weight excluding hydrogens is 220 g/mol. The number of hydrogen-bond acceptors (Lipinski definition) is 4. The first kappa shape index (κ1) is 13.7. The molecule has 96 valence electrons. The molecule has 0 saturated heterocycles. The minimum absolute atomic E-state index is 0.211. The SMILES string of the molecule is CCN(CC)Cc1c(O)c(=O)cc(CO)n1C. The summed E-state index contributed by atoms with van der Waals surface area (Å²) in [5.74, 6) is -0.225. The summed E-state index contributed by atoms with van der Waals surface area (Å²) in [7, 11) is 1.74. The molecule has 5 heteroatoms. The van der Waals surface area contributed by atoms with Crippen molar-refractivity contribution in [3.63, 3.8) is 0 Å². The molecule has 1 rings (SSSR count). The fourth-order valence-corrected chi connectivity index (χ4v) is 1.78. The monoisotopic (exact) mass is 240 g/mol. The topological polar surface area (TPSA) is 65.7 Å². The molecule has 0 saturated carbocycles. The third kappa shape index (κ3) is 2.87. The Bertz CT molecular complexity index is 436. The molecule has 0 aromatic carbocycles. The minimum atomic E-state index is -0.436. The number of aliphatic hydroxyl groups excluding tert-OH is 1. The highest BCUT2D eigenvalue weighted by atomic mass is 16.3. The Hall–Kier alpha value is -1.33. The van der Waals surface area contributed by atoms with E-state index in [-0.39, 0.29) is 12.4 Å². The largest absolute Gasteiger partial charge is 0.503 e. The van der Waals surface area contributed by atoms with Crippen molar-refractivity contribution in [1.82, 2.24) is 9.47 Å². The van der Waals surface area contributed by atoms with Gasteiger partial charge in [0.1, 0.15) is 0 Å². The minimum Gasteiger partial charge on any atom is -0.503 e. The normalized spacial score (nSPS) is 11.1. The number of nitrogens with zero attached hydrogens (tertiary/aromatic N) is 2. The van der Waals surface area contributed by atoms with Crippen molar-refractivity contribution < 1.29 is 10.2 Å². The van der Waals surface area contributed by atoms with E-state index in [1.807, 2.05) is 13.8 Å². The number of aromatic nitrogens is 1. The third-order valence-electron chi connectivity index (χ3n) is 3.07. The molecule has 0 fully saturated rings. The van der Waals surface area contributed by atoms with Crippen molar-refractivity contribution >= 4 is 0 Å². The smallest absolute Gasteiger partial charge is 0.223 e. The highest BCUT2D eigenvalue weighted by molar-refractivity contribution is 5.29. The van der Waals surface area contributed by atoms with Gasteiger partial charge in [0.2, 0.25) is 5.43 Å². The second-order valence-electron chi connectivity index (χ2n) is 3.97. The van der Waals surface area contributed by atoms with Gasteiger partial charge in [-0.3, -0.25) is 9.69 Å². The van der Waals surface area contributed by atoms with Crippen molar-refractivity contribution in [2.75, 3.05) is 13.1 Å². The van der Waals surface area contributed by atoms with Gasteiger partial charge in [0.25, 0.3) is 0 Å². The zero-order valence-corrected chi connectivity index (χ0v) is 10.6. The molecule has 5 nitrogen and oxygen atoms in total. The molecule has 1 heterocycles. The molecular formula is C12H20N2O3. The number of aromatic hydroxyl groups is 1. The van der Waals surface area contributed by atoms with Crippen LogP contribution in [0.4, 0.5) is 0 Å². The van der Waals surface area contributed by atoms with Gasteiger partial charge in [-0.05, 0) is 13.1 Å². The average molecular weight is 240 g/mol. The zero-order chi connectivity index (χ0) is 13.0. The number of rotatable bonds is 5. The third-order valence-corrected chi connectivity index (χ3v) is 3.07. The first-order valence-corrected chi connectivity index (χ1v) is 5.79. The summed E-state index contributed by atoms with van der Waals surface area (Å²) in [6, 6.07) is 1.26. The summed E-state index contributed by atoms with van der Waals surface area (Å²) >= 11 is 0. The average Bonchev–Trinajstić information content (AvgIpc) is 2.34. The molecule has 0 radical (unpaired) electrons. The first-order valence-electron chi connectivity index (χ1n) is 5.79.